The summed E-state index contributed by atoms with van der Waals surface area (Å²) in [7, 11) is 0. The second kappa shape index (κ2) is 8.73. The van der Waals surface area contributed by atoms with Crippen molar-refractivity contribution in [1.82, 2.24) is 10.6 Å². The second-order valence-electron chi connectivity index (χ2n) is 10.2. The molecule has 3 rings (SSSR count). The Labute approximate surface area is 170 Å². The molecule has 5 nitrogen and oxygen atoms in total. The first-order valence-electron chi connectivity index (χ1n) is 11.5. The van der Waals surface area contributed by atoms with Gasteiger partial charge in [-0.3, -0.25) is 9.59 Å². The maximum Gasteiger partial charge on any atom is 0.223 e. The smallest absolute Gasteiger partial charge is 0.223 e. The molecule has 5 heteroatoms. The van der Waals surface area contributed by atoms with E-state index in [-0.39, 0.29) is 46.9 Å². The molecule has 7 atom stereocenters. The van der Waals surface area contributed by atoms with Crippen LogP contribution in [0.2, 0.25) is 0 Å². The summed E-state index contributed by atoms with van der Waals surface area (Å²) < 4.78 is 0. The van der Waals surface area contributed by atoms with Crippen molar-refractivity contribution in [2.24, 2.45) is 29.1 Å². The molecule has 0 saturated heterocycles. The van der Waals surface area contributed by atoms with Gasteiger partial charge in [0.05, 0.1) is 6.10 Å². The van der Waals surface area contributed by atoms with E-state index in [0.717, 1.165) is 38.5 Å². The zero-order chi connectivity index (χ0) is 20.5. The summed E-state index contributed by atoms with van der Waals surface area (Å²) in [6.07, 6.45) is 9.32. The highest BCUT2D eigenvalue weighted by molar-refractivity contribution is 5.79. The Bertz CT molecular complexity index is 574. The Morgan fingerprint density at radius 1 is 1.04 bits per heavy atom. The third kappa shape index (κ3) is 4.39. The highest BCUT2D eigenvalue weighted by Gasteiger charge is 2.53. The summed E-state index contributed by atoms with van der Waals surface area (Å²) in [5.41, 5.74) is 0.101. The number of carbonyl (C=O) groups is 2. The minimum atomic E-state index is -0.489. The van der Waals surface area contributed by atoms with Crippen LogP contribution in [-0.4, -0.2) is 35.1 Å². The maximum atomic E-state index is 12.9. The molecule has 3 N–H and O–H groups in total. The van der Waals surface area contributed by atoms with Crippen LogP contribution >= 0.6 is 0 Å². The lowest BCUT2D eigenvalue weighted by Crippen LogP contribution is -2.58. The molecule has 0 aromatic carbocycles. The molecule has 0 heterocycles. The Hall–Kier alpha value is -1.10. The SMILES string of the molecule is CC(=O)N[C@H]1CC[C@]2(C)CC[C@@H]([C@H](C)C(=O)NC3CCCCC3)[C@H](O)[C@H]2[C@@H]1C. The highest BCUT2D eigenvalue weighted by atomic mass is 16.3. The molecule has 3 aliphatic rings. The average molecular weight is 393 g/mol. The van der Waals surface area contributed by atoms with E-state index in [0.29, 0.717) is 6.04 Å². The van der Waals surface area contributed by atoms with Crippen molar-refractivity contribution in [3.63, 3.8) is 0 Å². The fourth-order valence-corrected chi connectivity index (χ4v) is 6.53. The molecule has 2 amide bonds. The number of hydrogen-bond donors (Lipinski definition) is 3. The van der Waals surface area contributed by atoms with Gasteiger partial charge in [-0.25, -0.2) is 0 Å². The van der Waals surface area contributed by atoms with E-state index < -0.39 is 6.10 Å². The first-order chi connectivity index (χ1) is 13.2. The lowest BCUT2D eigenvalue weighted by molar-refractivity contribution is -0.144. The normalized spacial score (nSPS) is 40.2. The fraction of sp³-hybridized carbons (Fsp3) is 0.913. The van der Waals surface area contributed by atoms with Gasteiger partial charge in [0, 0.05) is 24.9 Å². The predicted octanol–water partition coefficient (Wildman–Crippen LogP) is 3.40. The van der Waals surface area contributed by atoms with Crippen LogP contribution in [0.1, 0.15) is 85.5 Å². The van der Waals surface area contributed by atoms with Crippen molar-refractivity contribution >= 4 is 11.8 Å². The second-order valence-corrected chi connectivity index (χ2v) is 10.2. The quantitative estimate of drug-likeness (QED) is 0.686. The summed E-state index contributed by atoms with van der Waals surface area (Å²) in [6.45, 7) is 8.03. The summed E-state index contributed by atoms with van der Waals surface area (Å²) in [5.74, 6) is 0.287. The average Bonchev–Trinajstić information content (AvgIpc) is 2.64. The third-order valence-electron chi connectivity index (χ3n) is 8.28. The van der Waals surface area contributed by atoms with Crippen LogP contribution in [0.4, 0.5) is 0 Å². The molecule has 0 bridgehead atoms. The first-order valence-corrected chi connectivity index (χ1v) is 11.5. The van der Waals surface area contributed by atoms with Gasteiger partial charge >= 0.3 is 0 Å². The van der Waals surface area contributed by atoms with E-state index in [1.54, 1.807) is 6.92 Å². The number of aliphatic hydroxyl groups is 1. The number of nitrogens with one attached hydrogen (secondary N) is 2. The monoisotopic (exact) mass is 392 g/mol. The largest absolute Gasteiger partial charge is 0.392 e. The number of carbonyl (C=O) groups excluding carboxylic acids is 2. The molecule has 0 radical (unpaired) electrons. The van der Waals surface area contributed by atoms with Crippen molar-refractivity contribution in [3.8, 4) is 0 Å². The third-order valence-corrected chi connectivity index (χ3v) is 8.28. The van der Waals surface area contributed by atoms with Gasteiger partial charge in [-0.15, -0.1) is 0 Å². The summed E-state index contributed by atoms with van der Waals surface area (Å²) >= 11 is 0. The minimum absolute atomic E-state index is 0.000179. The van der Waals surface area contributed by atoms with E-state index in [9.17, 15) is 14.7 Å². The minimum Gasteiger partial charge on any atom is -0.392 e. The maximum absolute atomic E-state index is 12.9. The highest BCUT2D eigenvalue weighted by Crippen LogP contribution is 2.55. The van der Waals surface area contributed by atoms with Crippen molar-refractivity contribution in [2.45, 2.75) is 104 Å². The van der Waals surface area contributed by atoms with Crippen LogP contribution in [0.25, 0.3) is 0 Å². The van der Waals surface area contributed by atoms with Gasteiger partial charge in [0.15, 0.2) is 0 Å². The van der Waals surface area contributed by atoms with Crippen LogP contribution in [0.3, 0.4) is 0 Å². The van der Waals surface area contributed by atoms with Crippen molar-refractivity contribution < 1.29 is 14.7 Å². The van der Waals surface area contributed by atoms with Crippen LogP contribution < -0.4 is 10.6 Å². The lowest BCUT2D eigenvalue weighted by Gasteiger charge is -2.56. The molecule has 3 aliphatic carbocycles. The van der Waals surface area contributed by atoms with Crippen molar-refractivity contribution in [2.75, 3.05) is 0 Å². The zero-order valence-electron chi connectivity index (χ0n) is 18.2. The Morgan fingerprint density at radius 2 is 1.68 bits per heavy atom. The topological polar surface area (TPSA) is 78.4 Å². The van der Waals surface area contributed by atoms with E-state index >= 15 is 0 Å². The summed E-state index contributed by atoms with van der Waals surface area (Å²) in [4.78, 5) is 24.5. The van der Waals surface area contributed by atoms with Crippen LogP contribution in [0.5, 0.6) is 0 Å². The molecule has 0 unspecified atom stereocenters. The molecular weight excluding hydrogens is 352 g/mol. The van der Waals surface area contributed by atoms with Gasteiger partial charge in [0.25, 0.3) is 0 Å². The van der Waals surface area contributed by atoms with E-state index in [1.165, 1.54) is 19.3 Å². The Morgan fingerprint density at radius 3 is 2.32 bits per heavy atom. The van der Waals surface area contributed by atoms with Crippen LogP contribution in [0.15, 0.2) is 0 Å². The summed E-state index contributed by atoms with van der Waals surface area (Å²) in [5, 5.41) is 17.7. The number of fused-ring (bicyclic) bond motifs is 1. The number of amides is 2. The molecule has 0 aromatic rings. The predicted molar refractivity (Wildman–Crippen MR) is 111 cm³/mol. The molecule has 3 fully saturated rings. The van der Waals surface area contributed by atoms with E-state index in [2.05, 4.69) is 24.5 Å². The number of hydrogen-bond acceptors (Lipinski definition) is 3. The van der Waals surface area contributed by atoms with Gasteiger partial charge in [-0.2, -0.15) is 0 Å². The van der Waals surface area contributed by atoms with Gasteiger partial charge in [0.2, 0.25) is 11.8 Å². The lowest BCUT2D eigenvalue weighted by atomic mass is 9.51. The number of rotatable bonds is 4. The zero-order valence-corrected chi connectivity index (χ0v) is 18.2. The van der Waals surface area contributed by atoms with Crippen LogP contribution in [-0.2, 0) is 9.59 Å². The molecule has 0 aromatic heterocycles. The van der Waals surface area contributed by atoms with Crippen molar-refractivity contribution in [1.29, 1.82) is 0 Å². The Balaban J connectivity index is 1.68. The molecule has 28 heavy (non-hydrogen) atoms. The van der Waals surface area contributed by atoms with Crippen LogP contribution in [0, 0.1) is 29.1 Å². The molecule has 3 saturated carbocycles. The van der Waals surface area contributed by atoms with E-state index in [4.69, 9.17) is 0 Å². The van der Waals surface area contributed by atoms with Gasteiger partial charge < -0.3 is 15.7 Å². The van der Waals surface area contributed by atoms with Crippen molar-refractivity contribution in [3.05, 3.63) is 0 Å². The molecule has 0 aliphatic heterocycles. The number of aliphatic hydroxyl groups excluding tert-OH is 1. The Kier molecular flexibility index (Phi) is 6.73. The summed E-state index contributed by atoms with van der Waals surface area (Å²) in [6, 6.07) is 0.433. The molecular formula is C23H40N2O3. The first kappa shape index (κ1) is 21.6. The van der Waals surface area contributed by atoms with Gasteiger partial charge in [-0.05, 0) is 61.7 Å². The van der Waals surface area contributed by atoms with Gasteiger partial charge in [-0.1, -0.05) is 40.0 Å². The fourth-order valence-electron chi connectivity index (χ4n) is 6.53. The molecule has 160 valence electrons. The van der Waals surface area contributed by atoms with Gasteiger partial charge in [0.1, 0.15) is 0 Å². The molecule has 0 spiro atoms. The standard InChI is InChI=1S/C23H40N2O3/c1-14(22(28)25-17-8-6-5-7-9-17)18-10-12-23(4)13-11-19(24-16(3)26)15(2)20(23)21(18)27/h14-15,17-21,27H,5-13H2,1-4H3,(H,24,26)(H,25,28)/t14-,15+,18-,19-,20+,21-,23-/m0/s1. The van der Waals surface area contributed by atoms with E-state index in [1.807, 2.05) is 6.92 Å².